The number of carbonyl (C=O) groups is 1. The standard InChI is InChI=1S/C19H26N4O3S/c1-12(2)13-6-8-14(9-7-13)26-11-19(3,4)16-20-21-17(27-16)23-15(24)10-22(5)18(23)25/h6-9,12,15,24H,10-11H2,1-5H3. The average Bonchev–Trinajstić information content (AvgIpc) is 3.19. The van der Waals surface area contributed by atoms with Crippen LogP contribution >= 0.6 is 11.3 Å². The number of anilines is 1. The van der Waals surface area contributed by atoms with E-state index in [-0.39, 0.29) is 18.0 Å². The minimum atomic E-state index is -0.901. The van der Waals surface area contributed by atoms with E-state index in [0.29, 0.717) is 17.7 Å². The van der Waals surface area contributed by atoms with Crippen LogP contribution in [0.15, 0.2) is 24.3 Å². The Morgan fingerprint density at radius 1 is 1.30 bits per heavy atom. The van der Waals surface area contributed by atoms with Crippen LogP contribution in [-0.4, -0.2) is 52.7 Å². The number of carbonyl (C=O) groups excluding carboxylic acids is 1. The molecular formula is C19H26N4O3S. The summed E-state index contributed by atoms with van der Waals surface area (Å²) in [4.78, 5) is 14.9. The minimum absolute atomic E-state index is 0.257. The fraction of sp³-hybridized carbons (Fsp3) is 0.526. The molecule has 27 heavy (non-hydrogen) atoms. The second kappa shape index (κ2) is 7.44. The van der Waals surface area contributed by atoms with E-state index >= 15 is 0 Å². The molecule has 1 atom stereocenters. The SMILES string of the molecule is CC(C)c1ccc(OCC(C)(C)c2nnc(N3C(=O)N(C)CC3O)s2)cc1. The van der Waals surface area contributed by atoms with Gasteiger partial charge in [0, 0.05) is 7.05 Å². The highest BCUT2D eigenvalue weighted by Gasteiger charge is 2.38. The van der Waals surface area contributed by atoms with Crippen molar-refractivity contribution >= 4 is 22.5 Å². The second-order valence-electron chi connectivity index (χ2n) is 7.80. The van der Waals surface area contributed by atoms with Gasteiger partial charge in [-0.15, -0.1) is 10.2 Å². The number of hydrogen-bond donors (Lipinski definition) is 1. The highest BCUT2D eigenvalue weighted by molar-refractivity contribution is 7.15. The van der Waals surface area contributed by atoms with Crippen molar-refractivity contribution in [3.05, 3.63) is 34.8 Å². The lowest BCUT2D eigenvalue weighted by molar-refractivity contribution is 0.183. The van der Waals surface area contributed by atoms with Crippen molar-refractivity contribution in [2.24, 2.45) is 0 Å². The van der Waals surface area contributed by atoms with Crippen LogP contribution in [0.1, 0.15) is 44.2 Å². The summed E-state index contributed by atoms with van der Waals surface area (Å²) in [7, 11) is 1.65. The number of hydrogen-bond acceptors (Lipinski definition) is 6. The Labute approximate surface area is 163 Å². The number of aliphatic hydroxyl groups is 1. The lowest BCUT2D eigenvalue weighted by Crippen LogP contribution is -2.34. The third-order valence-corrected chi connectivity index (χ3v) is 5.90. The number of aliphatic hydroxyl groups excluding tert-OH is 1. The van der Waals surface area contributed by atoms with E-state index in [2.05, 4.69) is 36.2 Å². The first-order valence-electron chi connectivity index (χ1n) is 8.98. The predicted molar refractivity (Wildman–Crippen MR) is 105 cm³/mol. The summed E-state index contributed by atoms with van der Waals surface area (Å²) in [6.45, 7) is 9.05. The van der Waals surface area contributed by atoms with Gasteiger partial charge in [0.2, 0.25) is 5.13 Å². The third kappa shape index (κ3) is 4.06. The minimum Gasteiger partial charge on any atom is -0.493 e. The summed E-state index contributed by atoms with van der Waals surface area (Å²) < 4.78 is 5.95. The van der Waals surface area contributed by atoms with E-state index in [1.807, 2.05) is 26.0 Å². The Hall–Kier alpha value is -2.19. The maximum atomic E-state index is 12.2. The van der Waals surface area contributed by atoms with E-state index in [9.17, 15) is 9.90 Å². The number of aromatic nitrogens is 2. The molecule has 146 valence electrons. The highest BCUT2D eigenvalue weighted by atomic mass is 32.1. The molecule has 0 saturated carbocycles. The molecule has 0 aliphatic carbocycles. The van der Waals surface area contributed by atoms with Gasteiger partial charge in [0.15, 0.2) is 6.23 Å². The van der Waals surface area contributed by atoms with Gasteiger partial charge in [0.05, 0.1) is 18.6 Å². The Balaban J connectivity index is 1.68. The van der Waals surface area contributed by atoms with Gasteiger partial charge in [-0.05, 0) is 23.6 Å². The number of amides is 2. The Morgan fingerprint density at radius 3 is 2.52 bits per heavy atom. The molecule has 0 bridgehead atoms. The number of nitrogens with zero attached hydrogens (tertiary/aromatic N) is 4. The molecule has 8 heteroatoms. The van der Waals surface area contributed by atoms with Crippen molar-refractivity contribution in [3.8, 4) is 5.75 Å². The molecule has 2 aromatic rings. The van der Waals surface area contributed by atoms with Gasteiger partial charge in [-0.1, -0.05) is 51.2 Å². The molecule has 2 amide bonds. The number of likely N-dealkylation sites (N-methyl/N-ethyl adjacent to an activating group) is 1. The summed E-state index contributed by atoms with van der Waals surface area (Å²) >= 11 is 1.30. The van der Waals surface area contributed by atoms with Crippen molar-refractivity contribution < 1.29 is 14.6 Å². The highest BCUT2D eigenvalue weighted by Crippen LogP contribution is 2.33. The van der Waals surface area contributed by atoms with Gasteiger partial charge < -0.3 is 14.7 Å². The van der Waals surface area contributed by atoms with E-state index in [4.69, 9.17) is 4.74 Å². The fourth-order valence-corrected chi connectivity index (χ4v) is 3.76. The maximum Gasteiger partial charge on any atom is 0.328 e. The van der Waals surface area contributed by atoms with Crippen LogP contribution in [0.25, 0.3) is 0 Å². The van der Waals surface area contributed by atoms with Gasteiger partial charge in [0.1, 0.15) is 10.8 Å². The van der Waals surface area contributed by atoms with E-state index in [0.717, 1.165) is 10.8 Å². The lowest BCUT2D eigenvalue weighted by atomic mass is 9.96. The van der Waals surface area contributed by atoms with Crippen molar-refractivity contribution in [2.75, 3.05) is 25.1 Å². The summed E-state index contributed by atoms with van der Waals surface area (Å²) in [6, 6.07) is 7.84. The zero-order valence-corrected chi connectivity index (χ0v) is 17.2. The maximum absolute atomic E-state index is 12.2. The molecule has 1 aliphatic heterocycles. The van der Waals surface area contributed by atoms with Gasteiger partial charge in [-0.2, -0.15) is 0 Å². The molecule has 7 nitrogen and oxygen atoms in total. The van der Waals surface area contributed by atoms with Gasteiger partial charge >= 0.3 is 6.03 Å². The molecular weight excluding hydrogens is 364 g/mol. The summed E-state index contributed by atoms with van der Waals surface area (Å²) in [5.74, 6) is 1.29. The van der Waals surface area contributed by atoms with Crippen LogP contribution < -0.4 is 9.64 Å². The molecule has 1 fully saturated rings. The summed E-state index contributed by atoms with van der Waals surface area (Å²) in [5, 5.41) is 19.6. The van der Waals surface area contributed by atoms with Crippen LogP contribution in [-0.2, 0) is 5.41 Å². The van der Waals surface area contributed by atoms with E-state index in [1.54, 1.807) is 7.05 Å². The molecule has 0 radical (unpaired) electrons. The fourth-order valence-electron chi connectivity index (χ4n) is 2.79. The molecule has 3 rings (SSSR count). The molecule has 1 saturated heterocycles. The molecule has 1 aliphatic rings. The molecule has 1 aromatic carbocycles. The monoisotopic (exact) mass is 390 g/mol. The smallest absolute Gasteiger partial charge is 0.328 e. The first-order valence-corrected chi connectivity index (χ1v) is 9.80. The van der Waals surface area contributed by atoms with Crippen molar-refractivity contribution in [1.29, 1.82) is 0 Å². The van der Waals surface area contributed by atoms with Crippen molar-refractivity contribution in [2.45, 2.75) is 45.3 Å². The third-order valence-electron chi connectivity index (χ3n) is 4.61. The van der Waals surface area contributed by atoms with Crippen molar-refractivity contribution in [1.82, 2.24) is 15.1 Å². The first kappa shape index (κ1) is 19.6. The second-order valence-corrected chi connectivity index (χ2v) is 8.76. The Kier molecular flexibility index (Phi) is 5.39. The Morgan fingerprint density at radius 2 is 1.96 bits per heavy atom. The number of rotatable bonds is 6. The average molecular weight is 391 g/mol. The van der Waals surface area contributed by atoms with Crippen LogP contribution in [0.3, 0.4) is 0 Å². The molecule has 2 heterocycles. The summed E-state index contributed by atoms with van der Waals surface area (Å²) in [5.41, 5.74) is 0.890. The quantitative estimate of drug-likeness (QED) is 0.819. The molecule has 1 aromatic heterocycles. The van der Waals surface area contributed by atoms with Gasteiger partial charge in [0.25, 0.3) is 0 Å². The van der Waals surface area contributed by atoms with Gasteiger partial charge in [-0.3, -0.25) is 0 Å². The van der Waals surface area contributed by atoms with Crippen LogP contribution in [0.4, 0.5) is 9.93 Å². The number of benzene rings is 1. The summed E-state index contributed by atoms with van der Waals surface area (Å²) in [6.07, 6.45) is -0.901. The van der Waals surface area contributed by atoms with Gasteiger partial charge in [-0.25, -0.2) is 9.69 Å². The molecule has 0 spiro atoms. The number of urea groups is 1. The van der Waals surface area contributed by atoms with Crippen LogP contribution in [0.2, 0.25) is 0 Å². The lowest BCUT2D eigenvalue weighted by Gasteiger charge is -2.22. The van der Waals surface area contributed by atoms with Crippen molar-refractivity contribution in [3.63, 3.8) is 0 Å². The first-order chi connectivity index (χ1) is 12.7. The number of ether oxygens (including phenoxy) is 1. The predicted octanol–water partition coefficient (Wildman–Crippen LogP) is 3.21. The van der Waals surface area contributed by atoms with Crippen LogP contribution in [0, 0.1) is 0 Å². The Bertz CT molecular complexity index is 804. The normalized spacial score (nSPS) is 17.9. The zero-order chi connectivity index (χ0) is 19.8. The zero-order valence-electron chi connectivity index (χ0n) is 16.3. The number of β-amino-alcohol motifs (C(OH)–C–C–N with tert-alkyl or cyclic N) is 1. The van der Waals surface area contributed by atoms with Crippen LogP contribution in [0.5, 0.6) is 5.75 Å². The molecule has 1 unspecified atom stereocenters. The largest absolute Gasteiger partial charge is 0.493 e. The topological polar surface area (TPSA) is 78.8 Å². The van der Waals surface area contributed by atoms with E-state index < -0.39 is 6.23 Å². The van der Waals surface area contributed by atoms with E-state index in [1.165, 1.54) is 26.7 Å². The molecule has 1 N–H and O–H groups in total.